The van der Waals surface area contributed by atoms with E-state index in [0.29, 0.717) is 12.5 Å². The lowest BCUT2D eigenvalue weighted by Crippen LogP contribution is -2.41. The smallest absolute Gasteiger partial charge is 0.317 e. The molecule has 1 fully saturated rings. The highest BCUT2D eigenvalue weighted by Gasteiger charge is 2.34. The second-order valence-corrected chi connectivity index (χ2v) is 8.19. The summed E-state index contributed by atoms with van der Waals surface area (Å²) >= 11 is 0. The molecule has 1 N–H and O–H groups in total. The lowest BCUT2D eigenvalue weighted by Gasteiger charge is -2.25. The van der Waals surface area contributed by atoms with E-state index in [2.05, 4.69) is 5.32 Å². The predicted octanol–water partition coefficient (Wildman–Crippen LogP) is 1.96. The highest BCUT2D eigenvalue weighted by molar-refractivity contribution is 7.90. The molecule has 22 heavy (non-hydrogen) atoms. The van der Waals surface area contributed by atoms with Gasteiger partial charge in [-0.25, -0.2) is 17.6 Å². The third-order valence-electron chi connectivity index (χ3n) is 3.75. The normalized spacial score (nSPS) is 21.9. The number of urea groups is 1. The molecule has 1 aliphatic heterocycles. The monoisotopic (exact) mass is 328 g/mol. The lowest BCUT2D eigenvalue weighted by atomic mass is 10.0. The topological polar surface area (TPSA) is 66.5 Å². The van der Waals surface area contributed by atoms with Crippen molar-refractivity contribution >= 4 is 15.9 Å². The van der Waals surface area contributed by atoms with Crippen LogP contribution in [0.4, 0.5) is 9.18 Å². The van der Waals surface area contributed by atoms with Gasteiger partial charge in [0, 0.05) is 19.3 Å². The second kappa shape index (κ2) is 6.64. The molecule has 0 bridgehead atoms. The van der Waals surface area contributed by atoms with E-state index in [-0.39, 0.29) is 30.2 Å². The van der Waals surface area contributed by atoms with Gasteiger partial charge in [0.2, 0.25) is 0 Å². The Morgan fingerprint density at radius 3 is 2.82 bits per heavy atom. The molecule has 2 atom stereocenters. The van der Waals surface area contributed by atoms with Crippen molar-refractivity contribution in [1.82, 2.24) is 10.2 Å². The van der Waals surface area contributed by atoms with E-state index in [1.165, 1.54) is 12.1 Å². The van der Waals surface area contributed by atoms with E-state index in [4.69, 9.17) is 0 Å². The number of amides is 2. The van der Waals surface area contributed by atoms with Gasteiger partial charge in [0.1, 0.15) is 15.7 Å². The van der Waals surface area contributed by atoms with E-state index in [1.54, 1.807) is 11.0 Å². The number of hydrogen-bond donors (Lipinski definition) is 1. The van der Waals surface area contributed by atoms with Gasteiger partial charge in [-0.3, -0.25) is 0 Å². The first-order valence-corrected chi connectivity index (χ1v) is 9.30. The van der Waals surface area contributed by atoms with Gasteiger partial charge in [0.25, 0.3) is 0 Å². The van der Waals surface area contributed by atoms with Crippen LogP contribution >= 0.6 is 0 Å². The highest BCUT2D eigenvalue weighted by Crippen LogP contribution is 2.35. The molecule has 0 aromatic heterocycles. The van der Waals surface area contributed by atoms with Crippen molar-refractivity contribution in [3.63, 3.8) is 0 Å². The molecule has 122 valence electrons. The average Bonchev–Trinajstić information content (AvgIpc) is 2.79. The molecule has 7 heteroatoms. The number of sulfone groups is 1. The Labute approximate surface area is 130 Å². The maximum atomic E-state index is 13.4. The zero-order valence-electron chi connectivity index (χ0n) is 12.8. The van der Waals surface area contributed by atoms with Gasteiger partial charge in [-0.15, -0.1) is 0 Å². The summed E-state index contributed by atoms with van der Waals surface area (Å²) in [5.74, 6) is -0.101. The number of halogens is 1. The van der Waals surface area contributed by atoms with Crippen LogP contribution in [0.25, 0.3) is 0 Å². The Bertz CT molecular complexity index is 648. The van der Waals surface area contributed by atoms with Crippen LogP contribution in [0.2, 0.25) is 0 Å². The van der Waals surface area contributed by atoms with Crippen molar-refractivity contribution in [3.05, 3.63) is 35.6 Å². The Hall–Kier alpha value is -1.63. The van der Waals surface area contributed by atoms with Crippen molar-refractivity contribution in [1.29, 1.82) is 0 Å². The van der Waals surface area contributed by atoms with Gasteiger partial charge in [-0.1, -0.05) is 19.1 Å². The molecule has 5 nitrogen and oxygen atoms in total. The van der Waals surface area contributed by atoms with Gasteiger partial charge in [0.15, 0.2) is 0 Å². The standard InChI is InChI=1S/C15H21FN2O3S/c1-11-8-14(12-4-3-5-13(16)9-12)18(10-11)15(19)17-6-7-22(2,20)21/h3-5,9,11,14H,6-8,10H2,1-2H3,(H,17,19)/t11-,14+/m0/s1. The average molecular weight is 328 g/mol. The zero-order chi connectivity index (χ0) is 16.3. The highest BCUT2D eigenvalue weighted by atomic mass is 32.2. The number of nitrogens with one attached hydrogen (secondary N) is 1. The van der Waals surface area contributed by atoms with Crippen molar-refractivity contribution in [2.75, 3.05) is 25.1 Å². The van der Waals surface area contributed by atoms with Crippen LogP contribution in [0.15, 0.2) is 24.3 Å². The first kappa shape index (κ1) is 16.7. The van der Waals surface area contributed by atoms with E-state index >= 15 is 0 Å². The summed E-state index contributed by atoms with van der Waals surface area (Å²) in [7, 11) is -3.11. The van der Waals surface area contributed by atoms with Crippen LogP contribution < -0.4 is 5.32 Å². The fourth-order valence-corrected chi connectivity index (χ4v) is 3.22. The molecule has 1 aliphatic rings. The largest absolute Gasteiger partial charge is 0.337 e. The molecular weight excluding hydrogens is 307 g/mol. The molecule has 0 spiro atoms. The summed E-state index contributed by atoms with van der Waals surface area (Å²) in [6, 6.07) is 5.78. The minimum atomic E-state index is -3.11. The molecular formula is C15H21FN2O3S. The first-order valence-electron chi connectivity index (χ1n) is 7.24. The molecule has 1 heterocycles. The van der Waals surface area contributed by atoms with E-state index in [0.717, 1.165) is 18.2 Å². The molecule has 0 radical (unpaired) electrons. The van der Waals surface area contributed by atoms with E-state index < -0.39 is 9.84 Å². The fraction of sp³-hybridized carbons (Fsp3) is 0.533. The zero-order valence-corrected chi connectivity index (χ0v) is 13.6. The second-order valence-electron chi connectivity index (χ2n) is 5.93. The van der Waals surface area contributed by atoms with Crippen molar-refractivity contribution < 1.29 is 17.6 Å². The third kappa shape index (κ3) is 4.43. The van der Waals surface area contributed by atoms with Crippen LogP contribution in [-0.4, -0.2) is 44.4 Å². The first-order chi connectivity index (χ1) is 10.3. The quantitative estimate of drug-likeness (QED) is 0.919. The molecule has 1 aromatic carbocycles. The van der Waals surface area contributed by atoms with Crippen LogP contribution in [0.5, 0.6) is 0 Å². The van der Waals surface area contributed by atoms with Crippen molar-refractivity contribution in [3.8, 4) is 0 Å². The Balaban J connectivity index is 2.06. The number of rotatable bonds is 4. The van der Waals surface area contributed by atoms with Crippen LogP contribution in [0.3, 0.4) is 0 Å². The lowest BCUT2D eigenvalue weighted by molar-refractivity contribution is 0.192. The van der Waals surface area contributed by atoms with Gasteiger partial charge < -0.3 is 10.2 Å². The predicted molar refractivity (Wildman–Crippen MR) is 82.7 cm³/mol. The minimum Gasteiger partial charge on any atom is -0.337 e. The van der Waals surface area contributed by atoms with Crippen LogP contribution in [-0.2, 0) is 9.84 Å². The number of benzene rings is 1. The maximum Gasteiger partial charge on any atom is 0.317 e. The SMILES string of the molecule is C[C@H]1C[C@H](c2cccc(F)c2)N(C(=O)NCCS(C)(=O)=O)C1. The Morgan fingerprint density at radius 1 is 1.45 bits per heavy atom. The number of hydrogen-bond acceptors (Lipinski definition) is 3. The van der Waals surface area contributed by atoms with Gasteiger partial charge in [0.05, 0.1) is 11.8 Å². The van der Waals surface area contributed by atoms with Crippen molar-refractivity contribution in [2.45, 2.75) is 19.4 Å². The summed E-state index contributed by atoms with van der Waals surface area (Å²) in [6.45, 7) is 2.69. The molecule has 1 aromatic rings. The molecule has 2 rings (SSSR count). The molecule has 0 saturated carbocycles. The van der Waals surface area contributed by atoms with Gasteiger partial charge in [-0.05, 0) is 30.0 Å². The van der Waals surface area contributed by atoms with Gasteiger partial charge in [-0.2, -0.15) is 0 Å². The summed E-state index contributed by atoms with van der Waals surface area (Å²) < 4.78 is 35.6. The minimum absolute atomic E-state index is 0.0818. The van der Waals surface area contributed by atoms with Crippen LogP contribution in [0, 0.1) is 11.7 Å². The number of nitrogens with zero attached hydrogens (tertiary/aromatic N) is 1. The number of carbonyl (C=O) groups excluding carboxylic acids is 1. The maximum absolute atomic E-state index is 13.4. The molecule has 0 aliphatic carbocycles. The Kier molecular flexibility index (Phi) is 5.05. The van der Waals surface area contributed by atoms with Crippen molar-refractivity contribution in [2.24, 2.45) is 5.92 Å². The molecule has 2 amide bonds. The van der Waals surface area contributed by atoms with E-state index in [1.807, 2.05) is 13.0 Å². The summed E-state index contributed by atoms with van der Waals surface area (Å²) in [6.07, 6.45) is 1.90. The number of carbonyl (C=O) groups is 1. The van der Waals surface area contributed by atoms with E-state index in [9.17, 15) is 17.6 Å². The Morgan fingerprint density at radius 2 is 2.18 bits per heavy atom. The third-order valence-corrected chi connectivity index (χ3v) is 4.70. The fourth-order valence-electron chi connectivity index (χ4n) is 2.75. The van der Waals surface area contributed by atoms with Gasteiger partial charge >= 0.3 is 6.03 Å². The summed E-state index contributed by atoms with van der Waals surface area (Å²) in [5, 5.41) is 2.63. The summed E-state index contributed by atoms with van der Waals surface area (Å²) in [5.41, 5.74) is 0.766. The number of likely N-dealkylation sites (tertiary alicyclic amines) is 1. The molecule has 0 unspecified atom stereocenters. The summed E-state index contributed by atoms with van der Waals surface area (Å²) in [4.78, 5) is 13.9. The molecule has 1 saturated heterocycles. The van der Waals surface area contributed by atoms with Crippen LogP contribution in [0.1, 0.15) is 24.9 Å².